The Labute approximate surface area is 120 Å². The second-order valence-corrected chi connectivity index (χ2v) is 5.62. The number of aromatic nitrogens is 2. The number of aryl methyl sites for hydroxylation is 2. The number of nitrogens with zero attached hydrogens (tertiary/aromatic N) is 2. The van der Waals surface area contributed by atoms with Gasteiger partial charge in [0, 0.05) is 17.3 Å². The standard InChI is InChI=1S/C17H20N2O/c1-11-12(2)18-13(3)19-16(11)9-14-8-15-6-4-5-7-17(15)20-10-14/h4-7,14H,8-10H2,1-3H3/t14-/m1/s1. The summed E-state index contributed by atoms with van der Waals surface area (Å²) in [4.78, 5) is 9.04. The number of para-hydroxylation sites is 1. The molecule has 0 spiro atoms. The molecule has 1 aromatic carbocycles. The first-order valence-electron chi connectivity index (χ1n) is 7.15. The fraction of sp³-hybridized carbons (Fsp3) is 0.412. The van der Waals surface area contributed by atoms with Crippen molar-refractivity contribution in [1.29, 1.82) is 0 Å². The van der Waals surface area contributed by atoms with Gasteiger partial charge in [-0.1, -0.05) is 18.2 Å². The van der Waals surface area contributed by atoms with Gasteiger partial charge in [0.2, 0.25) is 0 Å². The van der Waals surface area contributed by atoms with E-state index in [1.165, 1.54) is 16.8 Å². The van der Waals surface area contributed by atoms with Crippen molar-refractivity contribution in [2.24, 2.45) is 5.92 Å². The first-order chi connectivity index (χ1) is 9.63. The Bertz CT molecular complexity index is 637. The van der Waals surface area contributed by atoms with Gasteiger partial charge in [-0.2, -0.15) is 0 Å². The molecule has 104 valence electrons. The molecule has 0 radical (unpaired) electrons. The summed E-state index contributed by atoms with van der Waals surface area (Å²) >= 11 is 0. The van der Waals surface area contributed by atoms with Crippen LogP contribution in [0.15, 0.2) is 24.3 Å². The fourth-order valence-corrected chi connectivity index (χ4v) is 2.83. The number of fused-ring (bicyclic) bond motifs is 1. The quantitative estimate of drug-likeness (QED) is 0.839. The Hall–Kier alpha value is -1.90. The lowest BCUT2D eigenvalue weighted by Gasteiger charge is -2.25. The molecule has 0 fully saturated rings. The SMILES string of the molecule is Cc1nc(C)c(C)c(C[C@@H]2COc3ccccc3C2)n1. The summed E-state index contributed by atoms with van der Waals surface area (Å²) in [7, 11) is 0. The molecule has 0 unspecified atom stereocenters. The molecule has 1 atom stereocenters. The van der Waals surface area contributed by atoms with E-state index in [1.54, 1.807) is 0 Å². The van der Waals surface area contributed by atoms with E-state index in [0.717, 1.165) is 36.7 Å². The summed E-state index contributed by atoms with van der Waals surface area (Å²) < 4.78 is 5.87. The third-order valence-corrected chi connectivity index (χ3v) is 4.04. The summed E-state index contributed by atoms with van der Waals surface area (Å²) in [6.45, 7) is 6.91. The van der Waals surface area contributed by atoms with Crippen LogP contribution < -0.4 is 4.74 Å². The molecule has 3 rings (SSSR count). The zero-order chi connectivity index (χ0) is 14.1. The molecular formula is C17H20N2O. The summed E-state index contributed by atoms with van der Waals surface area (Å²) in [5.41, 5.74) is 4.78. The summed E-state index contributed by atoms with van der Waals surface area (Å²) in [5.74, 6) is 2.40. The van der Waals surface area contributed by atoms with E-state index in [0.29, 0.717) is 5.92 Å². The molecule has 3 nitrogen and oxygen atoms in total. The van der Waals surface area contributed by atoms with Gasteiger partial charge < -0.3 is 4.74 Å². The highest BCUT2D eigenvalue weighted by atomic mass is 16.5. The minimum atomic E-state index is 0.497. The van der Waals surface area contributed by atoms with Crippen LogP contribution in [-0.2, 0) is 12.8 Å². The molecule has 20 heavy (non-hydrogen) atoms. The van der Waals surface area contributed by atoms with Crippen molar-refractivity contribution in [1.82, 2.24) is 9.97 Å². The van der Waals surface area contributed by atoms with Gasteiger partial charge in [0.15, 0.2) is 0 Å². The smallest absolute Gasteiger partial charge is 0.125 e. The van der Waals surface area contributed by atoms with Gasteiger partial charge in [0.05, 0.1) is 6.61 Å². The highest BCUT2D eigenvalue weighted by Crippen LogP contribution is 2.28. The van der Waals surface area contributed by atoms with Gasteiger partial charge in [0.25, 0.3) is 0 Å². The normalized spacial score (nSPS) is 17.4. The van der Waals surface area contributed by atoms with Crippen molar-refractivity contribution in [3.8, 4) is 5.75 Å². The number of rotatable bonds is 2. The minimum Gasteiger partial charge on any atom is -0.493 e. The molecule has 0 saturated heterocycles. The molecule has 0 bridgehead atoms. The van der Waals surface area contributed by atoms with Crippen LogP contribution in [0.1, 0.15) is 28.3 Å². The highest BCUT2D eigenvalue weighted by Gasteiger charge is 2.21. The molecule has 0 saturated carbocycles. The van der Waals surface area contributed by atoms with Crippen LogP contribution in [-0.4, -0.2) is 16.6 Å². The summed E-state index contributed by atoms with van der Waals surface area (Å²) in [5, 5.41) is 0. The molecule has 0 amide bonds. The molecule has 1 aliphatic heterocycles. The maximum Gasteiger partial charge on any atom is 0.125 e. The molecule has 3 heteroatoms. The lowest BCUT2D eigenvalue weighted by molar-refractivity contribution is 0.220. The topological polar surface area (TPSA) is 35.0 Å². The van der Waals surface area contributed by atoms with Crippen LogP contribution in [0.2, 0.25) is 0 Å². The molecule has 1 aliphatic rings. The van der Waals surface area contributed by atoms with Crippen molar-refractivity contribution in [2.75, 3.05) is 6.61 Å². The first kappa shape index (κ1) is 13.1. The maximum atomic E-state index is 5.87. The number of hydrogen-bond acceptors (Lipinski definition) is 3. The van der Waals surface area contributed by atoms with Crippen molar-refractivity contribution >= 4 is 0 Å². The van der Waals surface area contributed by atoms with Crippen LogP contribution >= 0.6 is 0 Å². The second-order valence-electron chi connectivity index (χ2n) is 5.62. The summed E-state index contributed by atoms with van der Waals surface area (Å²) in [6, 6.07) is 8.32. The number of hydrogen-bond donors (Lipinski definition) is 0. The minimum absolute atomic E-state index is 0.497. The number of ether oxygens (including phenoxy) is 1. The van der Waals surface area contributed by atoms with Crippen LogP contribution in [0.5, 0.6) is 5.75 Å². The average molecular weight is 268 g/mol. The molecule has 1 aromatic heterocycles. The zero-order valence-electron chi connectivity index (χ0n) is 12.3. The van der Waals surface area contributed by atoms with Gasteiger partial charge >= 0.3 is 0 Å². The van der Waals surface area contributed by atoms with Crippen molar-refractivity contribution in [3.05, 3.63) is 52.6 Å². The van der Waals surface area contributed by atoms with E-state index in [9.17, 15) is 0 Å². The predicted octanol–water partition coefficient (Wildman–Crippen LogP) is 3.20. The van der Waals surface area contributed by atoms with Crippen LogP contribution in [0.25, 0.3) is 0 Å². The maximum absolute atomic E-state index is 5.87. The first-order valence-corrected chi connectivity index (χ1v) is 7.15. The average Bonchev–Trinajstić information content (AvgIpc) is 2.44. The van der Waals surface area contributed by atoms with Gasteiger partial charge in [-0.25, -0.2) is 9.97 Å². The van der Waals surface area contributed by atoms with E-state index in [4.69, 9.17) is 4.74 Å². The third-order valence-electron chi connectivity index (χ3n) is 4.04. The molecule has 2 aromatic rings. The molecular weight excluding hydrogens is 248 g/mol. The molecule has 0 N–H and O–H groups in total. The molecule has 0 aliphatic carbocycles. The van der Waals surface area contributed by atoms with Crippen LogP contribution in [0, 0.1) is 26.7 Å². The monoisotopic (exact) mass is 268 g/mol. The van der Waals surface area contributed by atoms with Gasteiger partial charge in [-0.3, -0.25) is 0 Å². The number of benzene rings is 1. The van der Waals surface area contributed by atoms with E-state index in [1.807, 2.05) is 13.0 Å². The van der Waals surface area contributed by atoms with Crippen LogP contribution in [0.3, 0.4) is 0 Å². The van der Waals surface area contributed by atoms with Gasteiger partial charge in [-0.15, -0.1) is 0 Å². The van der Waals surface area contributed by atoms with Crippen molar-refractivity contribution in [3.63, 3.8) is 0 Å². The van der Waals surface area contributed by atoms with Gasteiger partial charge in [-0.05, 0) is 50.8 Å². The summed E-state index contributed by atoms with van der Waals surface area (Å²) in [6.07, 6.45) is 2.03. The predicted molar refractivity (Wildman–Crippen MR) is 79.1 cm³/mol. The molecule has 2 heterocycles. The Morgan fingerprint density at radius 3 is 2.80 bits per heavy atom. The largest absolute Gasteiger partial charge is 0.493 e. The van der Waals surface area contributed by atoms with Crippen molar-refractivity contribution in [2.45, 2.75) is 33.6 Å². The lowest BCUT2D eigenvalue weighted by atomic mass is 9.91. The van der Waals surface area contributed by atoms with E-state index in [2.05, 4.69) is 42.0 Å². The van der Waals surface area contributed by atoms with E-state index < -0.39 is 0 Å². The lowest BCUT2D eigenvalue weighted by Crippen LogP contribution is -2.23. The third kappa shape index (κ3) is 2.53. The van der Waals surface area contributed by atoms with Crippen LogP contribution in [0.4, 0.5) is 0 Å². The zero-order valence-corrected chi connectivity index (χ0v) is 12.3. The highest BCUT2D eigenvalue weighted by molar-refractivity contribution is 5.35. The Kier molecular flexibility index (Phi) is 3.43. The Morgan fingerprint density at radius 2 is 1.95 bits per heavy atom. The van der Waals surface area contributed by atoms with E-state index in [-0.39, 0.29) is 0 Å². The second kappa shape index (κ2) is 5.23. The van der Waals surface area contributed by atoms with E-state index >= 15 is 0 Å². The van der Waals surface area contributed by atoms with Crippen molar-refractivity contribution < 1.29 is 4.74 Å². The fourth-order valence-electron chi connectivity index (χ4n) is 2.83. The van der Waals surface area contributed by atoms with Gasteiger partial charge in [0.1, 0.15) is 11.6 Å². The Morgan fingerprint density at radius 1 is 1.15 bits per heavy atom. The Balaban J connectivity index is 1.80.